The number of hydrogen-bond donors (Lipinski definition) is 2. The molecule has 0 fully saturated rings. The molecule has 0 spiro atoms. The van der Waals surface area contributed by atoms with Crippen LogP contribution in [0.2, 0.25) is 0 Å². The molecule has 2 heterocycles. The van der Waals surface area contributed by atoms with Crippen LogP contribution in [0.15, 0.2) is 211 Å². The fourth-order valence-electron chi connectivity index (χ4n) is 8.66. The summed E-state index contributed by atoms with van der Waals surface area (Å²) in [6, 6.07) is 23.1. The van der Waals surface area contributed by atoms with Crippen LogP contribution in [0.1, 0.15) is 54.7 Å². The predicted octanol–water partition coefficient (Wildman–Crippen LogP) is 12.6. The van der Waals surface area contributed by atoms with Gasteiger partial charge in [-0.25, -0.2) is 4.99 Å². The summed E-state index contributed by atoms with van der Waals surface area (Å²) in [4.78, 5) is 6.43. The summed E-state index contributed by atoms with van der Waals surface area (Å²) in [7, 11) is 0. The topological polar surface area (TPSA) is 36.4 Å². The number of benzene rings is 3. The SMILES string of the molecule is C=C/C=C(\C=C)C1N=C(/C=C/C=C(C=C)/C=C/CCC=C)NC(C)(C2=C3c4cc(-c5ccc6c(c5)-c5ccccc5C5C=CC=CC65)ccc4SC3CC=C2)N1. The number of amidine groups is 1. The lowest BCUT2D eigenvalue weighted by molar-refractivity contribution is 0.343. The van der Waals surface area contributed by atoms with E-state index in [2.05, 4.69) is 159 Å². The van der Waals surface area contributed by atoms with Gasteiger partial charge in [0.15, 0.2) is 0 Å². The standard InChI is InChI=1S/C52H49N3S/c1-6-10-11-12-20-35(8-3)21-17-28-49-53-51(36(9-4)19-7-2)55-52(5,54-49)46-26-18-27-48-50(46)45-34-38(30-32-47(45)56-48)37-29-31-43-41-24-14-13-22-39(41)40-23-15-16-25-42(40)44(43)33-37/h6-9,12-26,28-34,39,41,48,51,55H,1-4,10-11,27H2,5H3,(H,53,54)/b20-12+,28-17+,35-21+,36-19+. The van der Waals surface area contributed by atoms with Crippen LogP contribution in [0.25, 0.3) is 27.8 Å². The monoisotopic (exact) mass is 747 g/mol. The number of hydrogen-bond acceptors (Lipinski definition) is 4. The molecule has 0 bridgehead atoms. The fraction of sp³-hybridized carbons (Fsp3) is 0.173. The summed E-state index contributed by atoms with van der Waals surface area (Å²) in [5.74, 6) is 1.52. The number of thioether (sulfide) groups is 1. The number of nitrogens with zero attached hydrogens (tertiary/aromatic N) is 1. The Morgan fingerprint density at radius 1 is 0.875 bits per heavy atom. The van der Waals surface area contributed by atoms with E-state index in [9.17, 15) is 0 Å². The summed E-state index contributed by atoms with van der Waals surface area (Å²) < 4.78 is 0. The number of rotatable bonds is 12. The van der Waals surface area contributed by atoms with Gasteiger partial charge in [-0.1, -0.05) is 153 Å². The quantitative estimate of drug-likeness (QED) is 0.110. The third-order valence-corrected chi connectivity index (χ3v) is 12.7. The molecule has 0 saturated carbocycles. The largest absolute Gasteiger partial charge is 0.349 e. The van der Waals surface area contributed by atoms with Crippen molar-refractivity contribution in [2.24, 2.45) is 4.99 Å². The van der Waals surface area contributed by atoms with E-state index in [4.69, 9.17) is 4.99 Å². The molecule has 278 valence electrons. The minimum Gasteiger partial charge on any atom is -0.349 e. The average molecular weight is 748 g/mol. The van der Waals surface area contributed by atoms with Gasteiger partial charge in [0.1, 0.15) is 17.7 Å². The van der Waals surface area contributed by atoms with Gasteiger partial charge in [0, 0.05) is 22.0 Å². The highest BCUT2D eigenvalue weighted by atomic mass is 32.2. The zero-order valence-electron chi connectivity index (χ0n) is 32.1. The summed E-state index contributed by atoms with van der Waals surface area (Å²) in [6.45, 7) is 18.2. The highest BCUT2D eigenvalue weighted by Gasteiger charge is 2.42. The zero-order chi connectivity index (χ0) is 38.6. The van der Waals surface area contributed by atoms with Crippen LogP contribution in [-0.2, 0) is 0 Å². The van der Waals surface area contributed by atoms with Crippen molar-refractivity contribution in [2.45, 2.75) is 60.0 Å². The van der Waals surface area contributed by atoms with Crippen molar-refractivity contribution in [3.8, 4) is 22.3 Å². The van der Waals surface area contributed by atoms with E-state index in [-0.39, 0.29) is 6.17 Å². The lowest BCUT2D eigenvalue weighted by atomic mass is 9.69. The van der Waals surface area contributed by atoms with Crippen LogP contribution < -0.4 is 10.6 Å². The number of nitrogens with one attached hydrogen (secondary N) is 2. The maximum Gasteiger partial charge on any atom is 0.129 e. The molecule has 3 nitrogen and oxygen atoms in total. The number of fused-ring (bicyclic) bond motifs is 9. The van der Waals surface area contributed by atoms with Gasteiger partial charge in [0.25, 0.3) is 0 Å². The molecule has 2 aliphatic heterocycles. The molecule has 0 saturated heterocycles. The molecule has 8 rings (SSSR count). The Balaban J connectivity index is 1.17. The average Bonchev–Trinajstić information content (AvgIpc) is 3.61. The van der Waals surface area contributed by atoms with E-state index in [1.807, 2.05) is 48.2 Å². The minimum absolute atomic E-state index is 0.323. The smallest absolute Gasteiger partial charge is 0.129 e. The first kappa shape index (κ1) is 37.3. The van der Waals surface area contributed by atoms with E-state index in [1.54, 1.807) is 6.08 Å². The van der Waals surface area contributed by atoms with Crippen LogP contribution >= 0.6 is 11.8 Å². The van der Waals surface area contributed by atoms with Crippen LogP contribution in [0, 0.1) is 0 Å². The zero-order valence-corrected chi connectivity index (χ0v) is 32.9. The molecule has 3 aromatic rings. The fourth-order valence-corrected chi connectivity index (χ4v) is 9.99. The van der Waals surface area contributed by atoms with Gasteiger partial charge in [-0.2, -0.15) is 0 Å². The second-order valence-electron chi connectivity index (χ2n) is 14.9. The second kappa shape index (κ2) is 16.2. The second-order valence-corrected chi connectivity index (χ2v) is 16.2. The van der Waals surface area contributed by atoms with Gasteiger partial charge in [-0.05, 0) is 112 Å². The molecule has 0 amide bonds. The van der Waals surface area contributed by atoms with E-state index in [1.165, 1.54) is 55.0 Å². The molecule has 5 unspecified atom stereocenters. The highest BCUT2D eigenvalue weighted by molar-refractivity contribution is 8.00. The van der Waals surface area contributed by atoms with Gasteiger partial charge in [-0.15, -0.1) is 18.3 Å². The van der Waals surface area contributed by atoms with Crippen molar-refractivity contribution in [3.05, 3.63) is 218 Å². The van der Waals surface area contributed by atoms with Crippen LogP contribution in [0.4, 0.5) is 0 Å². The Hall–Kier alpha value is -5.68. The molecule has 0 aromatic heterocycles. The Morgan fingerprint density at radius 2 is 1.64 bits per heavy atom. The molecule has 5 atom stereocenters. The predicted molar refractivity (Wildman–Crippen MR) is 242 cm³/mol. The normalized spacial score (nSPS) is 24.8. The van der Waals surface area contributed by atoms with Crippen molar-refractivity contribution in [2.75, 3.05) is 0 Å². The molecule has 3 aromatic carbocycles. The summed E-state index contributed by atoms with van der Waals surface area (Å²) in [6.07, 6.45) is 36.2. The van der Waals surface area contributed by atoms with Gasteiger partial charge >= 0.3 is 0 Å². The molecule has 3 aliphatic carbocycles. The van der Waals surface area contributed by atoms with Crippen molar-refractivity contribution >= 4 is 23.2 Å². The first-order valence-electron chi connectivity index (χ1n) is 19.6. The van der Waals surface area contributed by atoms with E-state index >= 15 is 0 Å². The number of aliphatic imine (C=N–C) groups is 1. The number of unbranched alkanes of at least 4 members (excludes halogenated alkanes) is 1. The van der Waals surface area contributed by atoms with Crippen molar-refractivity contribution in [3.63, 3.8) is 0 Å². The molecule has 2 N–H and O–H groups in total. The summed E-state index contributed by atoms with van der Waals surface area (Å²) in [5, 5.41) is 8.01. The highest BCUT2D eigenvalue weighted by Crippen LogP contribution is 2.53. The van der Waals surface area contributed by atoms with Gasteiger partial charge in [-0.3, -0.25) is 5.32 Å². The Kier molecular flexibility index (Phi) is 10.8. The Labute approximate surface area is 337 Å². The van der Waals surface area contributed by atoms with Crippen molar-refractivity contribution < 1.29 is 0 Å². The van der Waals surface area contributed by atoms with Crippen molar-refractivity contribution in [1.29, 1.82) is 0 Å². The molecule has 56 heavy (non-hydrogen) atoms. The lowest BCUT2D eigenvalue weighted by Crippen LogP contribution is -2.64. The molecular formula is C52H49N3S. The Morgan fingerprint density at radius 3 is 2.41 bits per heavy atom. The molecule has 5 aliphatic rings. The van der Waals surface area contributed by atoms with Crippen LogP contribution in [0.5, 0.6) is 0 Å². The third kappa shape index (κ3) is 7.11. The molecule has 0 radical (unpaired) electrons. The molecule has 4 heteroatoms. The molecular weight excluding hydrogens is 699 g/mol. The lowest BCUT2D eigenvalue weighted by Gasteiger charge is -2.43. The van der Waals surface area contributed by atoms with E-state index in [0.717, 1.165) is 36.2 Å². The summed E-state index contributed by atoms with van der Waals surface area (Å²) in [5.41, 5.74) is 13.2. The number of allylic oxidation sites excluding steroid dienone is 14. The van der Waals surface area contributed by atoms with Gasteiger partial charge in [0.2, 0.25) is 0 Å². The Bertz CT molecular complexity index is 2390. The van der Waals surface area contributed by atoms with Gasteiger partial charge < -0.3 is 5.32 Å². The van der Waals surface area contributed by atoms with Crippen LogP contribution in [-0.4, -0.2) is 22.9 Å². The third-order valence-electron chi connectivity index (χ3n) is 11.4. The minimum atomic E-state index is -0.637. The van der Waals surface area contributed by atoms with Crippen molar-refractivity contribution in [1.82, 2.24) is 10.6 Å². The van der Waals surface area contributed by atoms with E-state index in [0.29, 0.717) is 17.1 Å². The van der Waals surface area contributed by atoms with Gasteiger partial charge in [0.05, 0.1) is 0 Å². The van der Waals surface area contributed by atoms with Crippen LogP contribution in [0.3, 0.4) is 0 Å². The maximum atomic E-state index is 5.11. The maximum absolute atomic E-state index is 5.11. The first-order valence-corrected chi connectivity index (χ1v) is 20.5. The first-order chi connectivity index (χ1) is 27.4. The van der Waals surface area contributed by atoms with E-state index < -0.39 is 5.66 Å². The summed E-state index contributed by atoms with van der Waals surface area (Å²) >= 11 is 1.97.